The van der Waals surface area contributed by atoms with E-state index in [0.29, 0.717) is 43.1 Å². The molecule has 8 heteroatoms. The highest BCUT2D eigenvalue weighted by molar-refractivity contribution is 5.92. The summed E-state index contributed by atoms with van der Waals surface area (Å²) in [7, 11) is 0. The van der Waals surface area contributed by atoms with E-state index in [1.807, 2.05) is 13.0 Å². The van der Waals surface area contributed by atoms with E-state index in [1.165, 1.54) is 22.4 Å². The molecule has 11 atom stereocenters. The van der Waals surface area contributed by atoms with Crippen molar-refractivity contribution in [3.05, 3.63) is 46.6 Å². The first-order valence-electron chi connectivity index (χ1n) is 19.2. The Morgan fingerprint density at radius 2 is 1.73 bits per heavy atom. The number of hydrogen-bond donors (Lipinski definition) is 2. The Hall–Kier alpha value is -2.10. The molecule has 4 bridgehead atoms. The lowest BCUT2D eigenvalue weighted by Gasteiger charge is -2.47. The number of aliphatic imine (C=N–C) groups is 1. The molecule has 0 aromatic carbocycles. The van der Waals surface area contributed by atoms with E-state index < -0.39 is 23.8 Å². The summed E-state index contributed by atoms with van der Waals surface area (Å²) >= 11 is 0. The second-order valence-electron chi connectivity index (χ2n) is 16.9. The quantitative estimate of drug-likeness (QED) is 0.220. The highest BCUT2D eigenvalue weighted by Gasteiger charge is 2.59. The minimum absolute atomic E-state index is 0.0266. The highest BCUT2D eigenvalue weighted by Crippen LogP contribution is 2.55. The van der Waals surface area contributed by atoms with Gasteiger partial charge >= 0.3 is 5.97 Å². The van der Waals surface area contributed by atoms with Crippen molar-refractivity contribution >= 4 is 11.7 Å². The first-order valence-corrected chi connectivity index (χ1v) is 19.2. The third-order valence-corrected chi connectivity index (χ3v) is 13.5. The fraction of sp³-hybridized carbons (Fsp3) is 0.756. The second-order valence-corrected chi connectivity index (χ2v) is 16.9. The summed E-state index contributed by atoms with van der Waals surface area (Å²) in [5.74, 6) is -1.06. The fourth-order valence-corrected chi connectivity index (χ4v) is 10.2. The number of fused-ring (bicyclic) bond motifs is 2. The van der Waals surface area contributed by atoms with Gasteiger partial charge in [0.05, 0.1) is 18.3 Å². The monoisotopic (exact) mass is 677 g/mol. The number of carbonyl (C=O) groups excluding carboxylic acids is 1. The van der Waals surface area contributed by atoms with Gasteiger partial charge in [0.2, 0.25) is 0 Å². The number of aliphatic hydroxyl groups excluding tert-OH is 2. The van der Waals surface area contributed by atoms with Crippen LogP contribution in [-0.2, 0) is 23.7 Å². The van der Waals surface area contributed by atoms with Crippen LogP contribution in [0.25, 0.3) is 0 Å². The van der Waals surface area contributed by atoms with Crippen molar-refractivity contribution in [3.63, 3.8) is 0 Å². The molecule has 49 heavy (non-hydrogen) atoms. The lowest BCUT2D eigenvalue weighted by atomic mass is 9.56. The number of allylic oxidation sites excluding steroid dienone is 2. The Balaban J connectivity index is 1.26. The third kappa shape index (κ3) is 6.59. The van der Waals surface area contributed by atoms with Gasteiger partial charge in [-0.3, -0.25) is 4.99 Å². The molecule has 1 aliphatic carbocycles. The van der Waals surface area contributed by atoms with E-state index >= 15 is 0 Å². The molecule has 0 radical (unpaired) electrons. The van der Waals surface area contributed by atoms with Gasteiger partial charge in [-0.05, 0) is 114 Å². The molecule has 0 aromatic heterocycles. The van der Waals surface area contributed by atoms with Crippen LogP contribution in [0.3, 0.4) is 0 Å². The Labute approximate surface area is 293 Å². The van der Waals surface area contributed by atoms with Gasteiger partial charge in [0.1, 0.15) is 12.2 Å². The molecule has 7 aliphatic rings. The molecule has 6 heterocycles. The Kier molecular flexibility index (Phi) is 9.70. The Bertz CT molecular complexity index is 1460. The zero-order valence-electron chi connectivity index (χ0n) is 30.5. The van der Waals surface area contributed by atoms with Crippen LogP contribution in [-0.4, -0.2) is 70.5 Å². The normalized spacial score (nSPS) is 46.2. The highest BCUT2D eigenvalue weighted by atomic mass is 16.8. The van der Waals surface area contributed by atoms with Crippen LogP contribution in [0.2, 0.25) is 0 Å². The predicted octanol–water partition coefficient (Wildman–Crippen LogP) is 7.44. The van der Waals surface area contributed by atoms with E-state index in [9.17, 15) is 15.0 Å². The van der Waals surface area contributed by atoms with Crippen molar-refractivity contribution in [3.8, 4) is 0 Å². The lowest BCUT2D eigenvalue weighted by Crippen LogP contribution is -2.52. The standard InChI is InChI=1S/C41H59NO7/c1-24-8-7-9-36-39(22-27(4)28(5)23-42-36)14-13-32(35-20-26(3)38(45)46-35)29(6)33(39)19-25(2)34(43)21-31-12-15-40(47-31)16-17-41(49-40)37(44)11-10-30(18-24)48-41/h19-20,27-28,30-31,33-35,37,43-44H,1,7-18,21-23H2,2-6H3/b25-19-. The van der Waals surface area contributed by atoms with Crippen LogP contribution in [0, 0.1) is 23.2 Å². The summed E-state index contributed by atoms with van der Waals surface area (Å²) in [5.41, 5.74) is 6.34. The van der Waals surface area contributed by atoms with Gasteiger partial charge in [-0.15, -0.1) is 0 Å². The van der Waals surface area contributed by atoms with Gasteiger partial charge < -0.3 is 29.2 Å². The summed E-state index contributed by atoms with van der Waals surface area (Å²) in [6.45, 7) is 16.2. The number of carbonyl (C=O) groups is 1. The van der Waals surface area contributed by atoms with Gasteiger partial charge in [0.25, 0.3) is 0 Å². The molecule has 7 rings (SSSR count). The average Bonchev–Trinajstić information content (AvgIpc) is 3.71. The Morgan fingerprint density at radius 1 is 0.918 bits per heavy atom. The molecule has 11 unspecified atom stereocenters. The van der Waals surface area contributed by atoms with Crippen LogP contribution in [0.15, 0.2) is 51.6 Å². The van der Waals surface area contributed by atoms with Crippen molar-refractivity contribution in [2.45, 2.75) is 167 Å². The van der Waals surface area contributed by atoms with Gasteiger partial charge in [-0.25, -0.2) is 4.79 Å². The summed E-state index contributed by atoms with van der Waals surface area (Å²) in [4.78, 5) is 17.9. The first-order chi connectivity index (χ1) is 23.3. The van der Waals surface area contributed by atoms with Gasteiger partial charge in [-0.2, -0.15) is 0 Å². The number of ether oxygens (including phenoxy) is 4. The lowest BCUT2D eigenvalue weighted by molar-refractivity contribution is -0.363. The minimum Gasteiger partial charge on any atom is -0.450 e. The molecule has 3 fully saturated rings. The second kappa shape index (κ2) is 13.5. The van der Waals surface area contributed by atoms with Crippen LogP contribution in [0.1, 0.15) is 125 Å². The summed E-state index contributed by atoms with van der Waals surface area (Å²) < 4.78 is 25.8. The van der Waals surface area contributed by atoms with Gasteiger partial charge in [0, 0.05) is 54.8 Å². The molecule has 3 spiro atoms. The summed E-state index contributed by atoms with van der Waals surface area (Å²) in [5, 5.41) is 22.9. The summed E-state index contributed by atoms with van der Waals surface area (Å²) in [6.07, 6.45) is 13.5. The maximum absolute atomic E-state index is 12.5. The van der Waals surface area contributed by atoms with Crippen LogP contribution in [0.4, 0.5) is 0 Å². The largest absolute Gasteiger partial charge is 0.450 e. The number of aliphatic hydroxyl groups is 2. The molecule has 270 valence electrons. The maximum atomic E-state index is 12.5. The molecule has 0 saturated carbocycles. The predicted molar refractivity (Wildman–Crippen MR) is 189 cm³/mol. The number of nitrogens with zero attached hydrogens (tertiary/aromatic N) is 1. The molecule has 3 saturated heterocycles. The van der Waals surface area contributed by atoms with E-state index in [1.54, 1.807) is 0 Å². The molecule has 6 aliphatic heterocycles. The van der Waals surface area contributed by atoms with E-state index in [2.05, 4.69) is 40.3 Å². The third-order valence-electron chi connectivity index (χ3n) is 13.5. The maximum Gasteiger partial charge on any atom is 0.334 e. The number of cyclic esters (lactones) is 1. The molecule has 0 aromatic rings. The van der Waals surface area contributed by atoms with Gasteiger partial charge in [-0.1, -0.05) is 37.6 Å². The van der Waals surface area contributed by atoms with E-state index in [-0.39, 0.29) is 35.6 Å². The number of rotatable bonds is 1. The topological polar surface area (TPSA) is 107 Å². The molecular formula is C41H59NO7. The minimum atomic E-state index is -1.04. The van der Waals surface area contributed by atoms with Crippen molar-refractivity contribution in [2.75, 3.05) is 6.54 Å². The van der Waals surface area contributed by atoms with Crippen molar-refractivity contribution in [1.82, 2.24) is 0 Å². The zero-order chi connectivity index (χ0) is 34.7. The number of esters is 1. The molecule has 2 N–H and O–H groups in total. The Morgan fingerprint density at radius 3 is 2.51 bits per heavy atom. The summed E-state index contributed by atoms with van der Waals surface area (Å²) in [6, 6.07) is 0. The van der Waals surface area contributed by atoms with Crippen molar-refractivity contribution < 1.29 is 34.0 Å². The molecular weight excluding hydrogens is 618 g/mol. The van der Waals surface area contributed by atoms with Crippen LogP contribution < -0.4 is 0 Å². The number of hydrogen-bond acceptors (Lipinski definition) is 8. The average molecular weight is 678 g/mol. The van der Waals surface area contributed by atoms with Crippen molar-refractivity contribution in [2.24, 2.45) is 28.2 Å². The van der Waals surface area contributed by atoms with Crippen molar-refractivity contribution in [1.29, 1.82) is 0 Å². The van der Waals surface area contributed by atoms with Crippen LogP contribution >= 0.6 is 0 Å². The molecule has 0 amide bonds. The fourth-order valence-electron chi connectivity index (χ4n) is 10.2. The smallest absolute Gasteiger partial charge is 0.334 e. The first kappa shape index (κ1) is 35.3. The van der Waals surface area contributed by atoms with Crippen LogP contribution in [0.5, 0.6) is 0 Å². The zero-order valence-corrected chi connectivity index (χ0v) is 30.5. The van der Waals surface area contributed by atoms with Gasteiger partial charge in [0.15, 0.2) is 11.6 Å². The SMILES string of the molecule is C=C1CCCC2=NCC(C)C(C)CC23CCC(C2C=C(C)C(=O)O2)=C(C)C3/C=C(/C)C(O)CC2CCC3(CCC4(OC(CCC4O)C1)O3)O2. The van der Waals surface area contributed by atoms with E-state index in [4.69, 9.17) is 23.9 Å². The van der Waals surface area contributed by atoms with E-state index in [0.717, 1.165) is 76.3 Å². The molecule has 8 nitrogen and oxygen atoms in total.